The van der Waals surface area contributed by atoms with Gasteiger partial charge in [-0.15, -0.1) is 0 Å². The molecular weight excluding hydrogens is 370 g/mol. The third-order valence-electron chi connectivity index (χ3n) is 4.86. The second kappa shape index (κ2) is 9.57. The molecule has 0 saturated carbocycles. The Balaban J connectivity index is 1.48. The molecule has 1 N–H and O–H groups in total. The van der Waals surface area contributed by atoms with E-state index in [1.165, 1.54) is 0 Å². The summed E-state index contributed by atoms with van der Waals surface area (Å²) in [7, 11) is 0. The Kier molecular flexibility index (Phi) is 6.21. The van der Waals surface area contributed by atoms with Gasteiger partial charge < -0.3 is 10.1 Å². The fourth-order valence-electron chi connectivity index (χ4n) is 3.31. The first-order valence-electron chi connectivity index (χ1n) is 10.0. The molecule has 0 heterocycles. The fraction of sp³-hybridized carbons (Fsp3) is 0.0741. The third kappa shape index (κ3) is 5.15. The molecule has 4 aromatic rings. The van der Waals surface area contributed by atoms with E-state index >= 15 is 0 Å². The van der Waals surface area contributed by atoms with Crippen molar-refractivity contribution in [2.45, 2.75) is 12.5 Å². The second-order valence-corrected chi connectivity index (χ2v) is 7.04. The minimum absolute atomic E-state index is 0.0820. The molecule has 1 atom stereocenters. The molecule has 3 heteroatoms. The van der Waals surface area contributed by atoms with E-state index in [4.69, 9.17) is 4.74 Å². The normalized spacial score (nSPS) is 11.5. The summed E-state index contributed by atoms with van der Waals surface area (Å²) in [5.74, 6) is 1.56. The molecule has 30 heavy (non-hydrogen) atoms. The highest BCUT2D eigenvalue weighted by Gasteiger charge is 2.17. The molecule has 0 aliphatic heterocycles. The number of para-hydroxylation sites is 2. The predicted octanol–water partition coefficient (Wildman–Crippen LogP) is 6.91. The molecule has 0 aliphatic rings. The molecular formula is C27H23NO2. The first-order chi connectivity index (χ1) is 14.8. The highest BCUT2D eigenvalue weighted by atomic mass is 16.5. The van der Waals surface area contributed by atoms with Gasteiger partial charge in [-0.2, -0.15) is 0 Å². The van der Waals surface area contributed by atoms with Gasteiger partial charge in [-0.3, -0.25) is 4.79 Å². The van der Waals surface area contributed by atoms with E-state index in [-0.39, 0.29) is 11.8 Å². The first kappa shape index (κ1) is 19.5. The average molecular weight is 393 g/mol. The van der Waals surface area contributed by atoms with Crippen molar-refractivity contribution in [1.82, 2.24) is 0 Å². The number of ether oxygens (including phenoxy) is 1. The second-order valence-electron chi connectivity index (χ2n) is 7.04. The van der Waals surface area contributed by atoms with Crippen molar-refractivity contribution in [3.8, 4) is 11.5 Å². The lowest BCUT2D eigenvalue weighted by Gasteiger charge is -2.20. The molecule has 4 aromatic carbocycles. The van der Waals surface area contributed by atoms with Gasteiger partial charge in [0.1, 0.15) is 11.5 Å². The zero-order valence-corrected chi connectivity index (χ0v) is 16.6. The summed E-state index contributed by atoms with van der Waals surface area (Å²) in [4.78, 5) is 13.0. The quantitative estimate of drug-likeness (QED) is 0.331. The molecule has 0 spiro atoms. The van der Waals surface area contributed by atoms with Gasteiger partial charge in [0.25, 0.3) is 0 Å². The Bertz CT molecular complexity index is 1060. The largest absolute Gasteiger partial charge is 0.457 e. The van der Waals surface area contributed by atoms with Crippen LogP contribution in [-0.4, -0.2) is 5.78 Å². The number of Topliss-reactive ketones (excluding diaryl/α,β-unsaturated/α-hetero) is 1. The van der Waals surface area contributed by atoms with Gasteiger partial charge in [-0.1, -0.05) is 66.7 Å². The van der Waals surface area contributed by atoms with Crippen LogP contribution in [0.15, 0.2) is 115 Å². The summed E-state index contributed by atoms with van der Waals surface area (Å²) in [5.41, 5.74) is 2.75. The van der Waals surface area contributed by atoms with Gasteiger partial charge in [0.2, 0.25) is 0 Å². The maximum absolute atomic E-state index is 13.0. The number of anilines is 1. The highest BCUT2D eigenvalue weighted by Crippen LogP contribution is 2.26. The summed E-state index contributed by atoms with van der Waals surface area (Å²) in [6.45, 7) is 0. The van der Waals surface area contributed by atoms with Crippen LogP contribution < -0.4 is 10.1 Å². The maximum Gasteiger partial charge on any atom is 0.165 e. The fourth-order valence-corrected chi connectivity index (χ4v) is 3.31. The van der Waals surface area contributed by atoms with Crippen molar-refractivity contribution in [2.75, 3.05) is 5.32 Å². The summed E-state index contributed by atoms with van der Waals surface area (Å²) < 4.78 is 5.82. The summed E-state index contributed by atoms with van der Waals surface area (Å²) in [6, 6.07) is 36.8. The van der Waals surface area contributed by atoms with Crippen LogP contribution in [0, 0.1) is 0 Å². The lowest BCUT2D eigenvalue weighted by molar-refractivity contribution is 0.0976. The molecule has 0 radical (unpaired) electrons. The third-order valence-corrected chi connectivity index (χ3v) is 4.86. The van der Waals surface area contributed by atoms with E-state index in [1.54, 1.807) is 0 Å². The van der Waals surface area contributed by atoms with Crippen molar-refractivity contribution in [3.05, 3.63) is 126 Å². The summed E-state index contributed by atoms with van der Waals surface area (Å²) in [5, 5.41) is 3.49. The number of rotatable bonds is 8. The summed E-state index contributed by atoms with van der Waals surface area (Å²) >= 11 is 0. The monoisotopic (exact) mass is 393 g/mol. The number of ketones is 1. The Morgan fingerprint density at radius 3 is 1.83 bits per heavy atom. The maximum atomic E-state index is 13.0. The molecule has 0 aliphatic carbocycles. The van der Waals surface area contributed by atoms with E-state index in [2.05, 4.69) is 5.32 Å². The molecule has 4 rings (SSSR count). The van der Waals surface area contributed by atoms with Gasteiger partial charge in [0.05, 0.1) is 6.04 Å². The number of carbonyl (C=O) groups excluding carboxylic acids is 1. The molecule has 0 saturated heterocycles. The average Bonchev–Trinajstić information content (AvgIpc) is 2.81. The molecule has 0 amide bonds. The number of hydrogen-bond donors (Lipinski definition) is 1. The van der Waals surface area contributed by atoms with Crippen LogP contribution in [0.25, 0.3) is 0 Å². The molecule has 1 unspecified atom stereocenters. The van der Waals surface area contributed by atoms with Crippen LogP contribution in [0.5, 0.6) is 11.5 Å². The number of carbonyl (C=O) groups is 1. The highest BCUT2D eigenvalue weighted by molar-refractivity contribution is 5.96. The number of benzene rings is 4. The van der Waals surface area contributed by atoms with Crippen LogP contribution in [-0.2, 0) is 0 Å². The van der Waals surface area contributed by atoms with Gasteiger partial charge in [0, 0.05) is 17.7 Å². The lowest BCUT2D eigenvalue weighted by atomic mass is 9.97. The van der Waals surface area contributed by atoms with Crippen molar-refractivity contribution in [3.63, 3.8) is 0 Å². The van der Waals surface area contributed by atoms with E-state index in [1.807, 2.05) is 115 Å². The first-order valence-corrected chi connectivity index (χ1v) is 10.0. The minimum Gasteiger partial charge on any atom is -0.457 e. The smallest absolute Gasteiger partial charge is 0.165 e. The van der Waals surface area contributed by atoms with Crippen LogP contribution in [0.2, 0.25) is 0 Å². The summed E-state index contributed by atoms with van der Waals surface area (Å²) in [6.07, 6.45) is 0.359. The number of hydrogen-bond acceptors (Lipinski definition) is 3. The van der Waals surface area contributed by atoms with Crippen molar-refractivity contribution in [2.24, 2.45) is 0 Å². The molecule has 0 aromatic heterocycles. The van der Waals surface area contributed by atoms with Crippen LogP contribution >= 0.6 is 0 Å². The van der Waals surface area contributed by atoms with Crippen LogP contribution in [0.1, 0.15) is 28.4 Å². The van der Waals surface area contributed by atoms with E-state index in [0.717, 1.165) is 17.0 Å². The van der Waals surface area contributed by atoms with Crippen LogP contribution in [0.4, 0.5) is 5.69 Å². The van der Waals surface area contributed by atoms with Crippen LogP contribution in [0.3, 0.4) is 0 Å². The molecule has 3 nitrogen and oxygen atoms in total. The Morgan fingerprint density at radius 1 is 0.667 bits per heavy atom. The minimum atomic E-state index is -0.110. The van der Waals surface area contributed by atoms with Gasteiger partial charge in [-0.05, 0) is 54.1 Å². The number of nitrogens with one attached hydrogen (secondary N) is 1. The topological polar surface area (TPSA) is 38.3 Å². The SMILES string of the molecule is O=C(CC(Nc1ccccc1)c1ccccc1)c1ccc(Oc2ccccc2)cc1. The Labute approximate surface area is 177 Å². The van der Waals surface area contributed by atoms with Gasteiger partial charge >= 0.3 is 0 Å². The van der Waals surface area contributed by atoms with Crippen molar-refractivity contribution in [1.29, 1.82) is 0 Å². The van der Waals surface area contributed by atoms with Crippen molar-refractivity contribution < 1.29 is 9.53 Å². The molecule has 148 valence electrons. The zero-order valence-electron chi connectivity index (χ0n) is 16.6. The van der Waals surface area contributed by atoms with Gasteiger partial charge in [-0.25, -0.2) is 0 Å². The molecule has 0 fully saturated rings. The van der Waals surface area contributed by atoms with Crippen molar-refractivity contribution >= 4 is 11.5 Å². The molecule has 0 bridgehead atoms. The Hall–Kier alpha value is -3.85. The Morgan fingerprint density at radius 2 is 1.20 bits per heavy atom. The lowest BCUT2D eigenvalue weighted by Crippen LogP contribution is -2.15. The predicted molar refractivity (Wildman–Crippen MR) is 121 cm³/mol. The van der Waals surface area contributed by atoms with Gasteiger partial charge in [0.15, 0.2) is 5.78 Å². The van der Waals surface area contributed by atoms with E-state index in [0.29, 0.717) is 17.7 Å². The standard InChI is InChI=1S/C27H23NO2/c29-27(22-16-18-25(19-17-22)30-24-14-8-3-9-15-24)20-26(21-10-4-1-5-11-21)28-23-12-6-2-7-13-23/h1-19,26,28H,20H2. The van der Waals surface area contributed by atoms with E-state index in [9.17, 15) is 4.79 Å². The van der Waals surface area contributed by atoms with E-state index < -0.39 is 0 Å². The zero-order chi connectivity index (χ0) is 20.6.